The second-order valence-corrected chi connectivity index (χ2v) is 7.11. The summed E-state index contributed by atoms with van der Waals surface area (Å²) in [4.78, 5) is 14.7. The van der Waals surface area contributed by atoms with Gasteiger partial charge in [-0.05, 0) is 12.8 Å². The number of amides is 1. The van der Waals surface area contributed by atoms with Crippen molar-refractivity contribution in [3.63, 3.8) is 0 Å². The summed E-state index contributed by atoms with van der Waals surface area (Å²) >= 11 is 1.91. The predicted octanol–water partition coefficient (Wildman–Crippen LogP) is 2.53. The third-order valence-electron chi connectivity index (χ3n) is 4.45. The Morgan fingerprint density at radius 2 is 2.48 bits per heavy atom. The molecule has 0 radical (unpaired) electrons. The number of carbonyl (C=O) groups is 1. The van der Waals surface area contributed by atoms with Gasteiger partial charge in [0.15, 0.2) is 0 Å². The summed E-state index contributed by atoms with van der Waals surface area (Å²) in [5.74, 6) is 1.64. The Labute approximate surface area is 129 Å². The maximum atomic E-state index is 12.7. The van der Waals surface area contributed by atoms with Crippen LogP contribution in [0.1, 0.15) is 48.9 Å². The summed E-state index contributed by atoms with van der Waals surface area (Å²) in [6.45, 7) is 6.46. The number of ether oxygens (including phenoxy) is 1. The van der Waals surface area contributed by atoms with E-state index in [-0.39, 0.29) is 11.9 Å². The topological polar surface area (TPSA) is 55.6 Å². The Bertz CT molecular complexity index is 503. The maximum Gasteiger partial charge on any atom is 0.292 e. The summed E-state index contributed by atoms with van der Waals surface area (Å²) in [5, 5.41) is 4.45. The third-order valence-corrected chi connectivity index (χ3v) is 5.75. The van der Waals surface area contributed by atoms with Crippen molar-refractivity contribution in [3.05, 3.63) is 17.5 Å². The quantitative estimate of drug-likeness (QED) is 0.858. The Balaban J connectivity index is 1.75. The first-order chi connectivity index (χ1) is 10.2. The maximum absolute atomic E-state index is 12.7. The molecule has 0 aromatic carbocycles. The van der Waals surface area contributed by atoms with E-state index in [2.05, 4.69) is 19.0 Å². The van der Waals surface area contributed by atoms with Crippen molar-refractivity contribution in [1.82, 2.24) is 10.1 Å². The van der Waals surface area contributed by atoms with Gasteiger partial charge in [-0.25, -0.2) is 0 Å². The van der Waals surface area contributed by atoms with Gasteiger partial charge >= 0.3 is 0 Å². The number of carbonyl (C=O) groups excluding carboxylic acids is 1. The lowest BCUT2D eigenvalue weighted by molar-refractivity contribution is 0.0296. The monoisotopic (exact) mass is 310 g/mol. The van der Waals surface area contributed by atoms with Crippen molar-refractivity contribution < 1.29 is 14.1 Å². The minimum atomic E-state index is -0.0192. The van der Waals surface area contributed by atoms with E-state index in [0.717, 1.165) is 44.0 Å². The van der Waals surface area contributed by atoms with Gasteiger partial charge in [0.2, 0.25) is 5.76 Å². The highest BCUT2D eigenvalue weighted by atomic mass is 32.2. The number of rotatable bonds is 3. The van der Waals surface area contributed by atoms with Gasteiger partial charge in [-0.3, -0.25) is 4.79 Å². The second-order valence-electron chi connectivity index (χ2n) is 5.76. The average Bonchev–Trinajstić information content (AvgIpc) is 3.03. The summed E-state index contributed by atoms with van der Waals surface area (Å²) in [7, 11) is 0. The number of fused-ring (bicyclic) bond motifs is 1. The van der Waals surface area contributed by atoms with E-state index in [1.807, 2.05) is 22.7 Å². The zero-order chi connectivity index (χ0) is 14.8. The Morgan fingerprint density at radius 3 is 3.29 bits per heavy atom. The molecule has 0 bridgehead atoms. The molecule has 116 valence electrons. The van der Waals surface area contributed by atoms with E-state index in [0.29, 0.717) is 16.9 Å². The molecule has 3 heterocycles. The number of thioether (sulfide) groups is 1. The van der Waals surface area contributed by atoms with Crippen molar-refractivity contribution in [3.8, 4) is 0 Å². The van der Waals surface area contributed by atoms with Crippen LogP contribution in [0.2, 0.25) is 0 Å². The Hall–Kier alpha value is -1.01. The van der Waals surface area contributed by atoms with Crippen molar-refractivity contribution in [2.45, 2.75) is 43.9 Å². The van der Waals surface area contributed by atoms with Crippen molar-refractivity contribution in [2.24, 2.45) is 0 Å². The van der Waals surface area contributed by atoms with Crippen molar-refractivity contribution in [1.29, 1.82) is 0 Å². The molecule has 1 aromatic rings. The zero-order valence-electron chi connectivity index (χ0n) is 12.6. The van der Waals surface area contributed by atoms with Gasteiger partial charge in [-0.15, -0.1) is 0 Å². The van der Waals surface area contributed by atoms with E-state index < -0.39 is 0 Å². The third kappa shape index (κ3) is 2.97. The summed E-state index contributed by atoms with van der Waals surface area (Å²) in [5.41, 5.74) is 0.871. The summed E-state index contributed by atoms with van der Waals surface area (Å²) in [6.07, 6.45) is 1.90. The van der Waals surface area contributed by atoms with Crippen LogP contribution in [0.5, 0.6) is 0 Å². The van der Waals surface area contributed by atoms with Gasteiger partial charge < -0.3 is 14.2 Å². The van der Waals surface area contributed by atoms with Crippen molar-refractivity contribution in [2.75, 3.05) is 25.5 Å². The van der Waals surface area contributed by atoms with Crippen LogP contribution in [-0.4, -0.2) is 52.8 Å². The van der Waals surface area contributed by atoms with E-state index in [9.17, 15) is 4.79 Å². The highest BCUT2D eigenvalue weighted by Gasteiger charge is 2.38. The largest absolute Gasteiger partial charge is 0.380 e. The van der Waals surface area contributed by atoms with Crippen LogP contribution in [0.25, 0.3) is 0 Å². The molecule has 1 aromatic heterocycles. The number of hydrogen-bond acceptors (Lipinski definition) is 5. The predicted molar refractivity (Wildman–Crippen MR) is 81.7 cm³/mol. The van der Waals surface area contributed by atoms with Gasteiger partial charge in [0, 0.05) is 42.2 Å². The molecule has 5 nitrogen and oxygen atoms in total. The average molecular weight is 310 g/mol. The molecular weight excluding hydrogens is 288 g/mol. The summed E-state index contributed by atoms with van der Waals surface area (Å²) in [6, 6.07) is 2.08. The normalized spacial score (nSPS) is 27.2. The first-order valence-corrected chi connectivity index (χ1v) is 8.72. The van der Waals surface area contributed by atoms with Crippen molar-refractivity contribution >= 4 is 17.7 Å². The number of aromatic nitrogens is 1. The molecule has 6 heteroatoms. The van der Waals surface area contributed by atoms with Gasteiger partial charge in [0.1, 0.15) is 0 Å². The van der Waals surface area contributed by atoms with Gasteiger partial charge in [-0.2, -0.15) is 11.8 Å². The standard InChI is InChI=1S/C15H22N2O3S/c1-3-10(2)11-8-13(20-16-11)15(18)17-5-7-21-14-9-19-6-4-12(14)17/h8,10,12,14H,3-7,9H2,1-2H3/t10-,12+,14+/m0/s1. The zero-order valence-corrected chi connectivity index (χ0v) is 13.4. The smallest absolute Gasteiger partial charge is 0.292 e. The molecule has 0 spiro atoms. The lowest BCUT2D eigenvalue weighted by Crippen LogP contribution is -2.54. The SMILES string of the molecule is CC[C@H](C)c1cc(C(=O)N2CCS[C@@H]3COCC[C@H]32)on1. The lowest BCUT2D eigenvalue weighted by Gasteiger charge is -2.42. The molecule has 2 fully saturated rings. The molecule has 1 amide bonds. The molecular formula is C15H22N2O3S. The molecule has 0 aliphatic carbocycles. The molecule has 3 rings (SSSR count). The molecule has 2 saturated heterocycles. The summed E-state index contributed by atoms with van der Waals surface area (Å²) < 4.78 is 10.8. The fourth-order valence-electron chi connectivity index (χ4n) is 2.91. The minimum Gasteiger partial charge on any atom is -0.380 e. The highest BCUT2D eigenvalue weighted by Crippen LogP contribution is 2.31. The second kappa shape index (κ2) is 6.40. The fourth-order valence-corrected chi connectivity index (χ4v) is 4.21. The fraction of sp³-hybridized carbons (Fsp3) is 0.733. The van der Waals surface area contributed by atoms with Crippen LogP contribution in [0, 0.1) is 0 Å². The van der Waals surface area contributed by atoms with Crippen LogP contribution in [0.4, 0.5) is 0 Å². The first-order valence-electron chi connectivity index (χ1n) is 7.67. The van der Waals surface area contributed by atoms with E-state index in [1.54, 1.807) is 0 Å². The molecule has 0 unspecified atom stereocenters. The van der Waals surface area contributed by atoms with Gasteiger partial charge in [0.25, 0.3) is 5.91 Å². The van der Waals surface area contributed by atoms with Gasteiger partial charge in [-0.1, -0.05) is 19.0 Å². The van der Waals surface area contributed by atoms with Crippen LogP contribution in [0.3, 0.4) is 0 Å². The molecule has 2 aliphatic heterocycles. The van der Waals surface area contributed by atoms with Crippen LogP contribution < -0.4 is 0 Å². The van der Waals surface area contributed by atoms with Gasteiger partial charge in [0.05, 0.1) is 12.3 Å². The molecule has 0 saturated carbocycles. The molecule has 0 N–H and O–H groups in total. The first kappa shape index (κ1) is 14.9. The molecule has 2 aliphatic rings. The lowest BCUT2D eigenvalue weighted by atomic mass is 10.0. The molecule has 21 heavy (non-hydrogen) atoms. The van der Waals surface area contributed by atoms with Crippen LogP contribution in [-0.2, 0) is 4.74 Å². The minimum absolute atomic E-state index is 0.0192. The van der Waals surface area contributed by atoms with E-state index >= 15 is 0 Å². The van der Waals surface area contributed by atoms with Crippen LogP contribution >= 0.6 is 11.8 Å². The number of hydrogen-bond donors (Lipinski definition) is 0. The Morgan fingerprint density at radius 1 is 1.62 bits per heavy atom. The number of nitrogens with zero attached hydrogens (tertiary/aromatic N) is 2. The highest BCUT2D eigenvalue weighted by molar-refractivity contribution is 8.00. The van der Waals surface area contributed by atoms with E-state index in [1.165, 1.54) is 0 Å². The van der Waals surface area contributed by atoms with Crippen LogP contribution in [0.15, 0.2) is 10.6 Å². The Kier molecular flexibility index (Phi) is 4.54. The van der Waals surface area contributed by atoms with E-state index in [4.69, 9.17) is 9.26 Å². The molecule has 3 atom stereocenters.